The molecule has 0 heterocycles. The molecule has 1 nitrogen and oxygen atoms in total. The third-order valence-electron chi connectivity index (χ3n) is 7.10. The summed E-state index contributed by atoms with van der Waals surface area (Å²) in [6.45, 7) is 1.96. The topological polar surface area (TPSA) is 9.23 Å². The van der Waals surface area contributed by atoms with E-state index in [4.69, 9.17) is 16.3 Å². The molecule has 0 aliphatic heterocycles. The average molecular weight is 623 g/mol. The number of allylic oxidation sites excluding steroid dienone is 2. The second-order valence-corrected chi connectivity index (χ2v) is 10.5. The molecule has 0 N–H and O–H groups in total. The van der Waals surface area contributed by atoms with Crippen LogP contribution in [0.15, 0.2) is 109 Å². The Balaban J connectivity index is 1.29. The van der Waals surface area contributed by atoms with Crippen molar-refractivity contribution in [1.29, 1.82) is 0 Å². The Morgan fingerprint density at radius 1 is 0.636 bits per heavy atom. The molecule has 8 heteroatoms. The number of rotatable bonds is 9. The van der Waals surface area contributed by atoms with Crippen LogP contribution in [0.3, 0.4) is 0 Å². The molecule has 5 rings (SSSR count). The SMILES string of the molecule is CC=CCCc1ccc(-c2ccc(C(F)(F)Oc3ccc(-c4ccc(-c5cc(F)c(Cl)c(F)c5)c(F)c4)cc3)c(F)c2)cc1. The zero-order valence-electron chi connectivity index (χ0n) is 23.4. The first-order chi connectivity index (χ1) is 21.1. The molecule has 5 aromatic carbocycles. The molecule has 0 aliphatic carbocycles. The first-order valence-corrected chi connectivity index (χ1v) is 14.1. The predicted molar refractivity (Wildman–Crippen MR) is 162 cm³/mol. The molecule has 224 valence electrons. The maximum Gasteiger partial charge on any atom is 0.429 e. The van der Waals surface area contributed by atoms with Crippen LogP contribution in [-0.2, 0) is 12.5 Å². The summed E-state index contributed by atoms with van der Waals surface area (Å²) >= 11 is 5.51. The zero-order valence-corrected chi connectivity index (χ0v) is 24.1. The van der Waals surface area contributed by atoms with Crippen LogP contribution in [0.1, 0.15) is 24.5 Å². The van der Waals surface area contributed by atoms with Gasteiger partial charge in [-0.25, -0.2) is 17.6 Å². The lowest BCUT2D eigenvalue weighted by Crippen LogP contribution is -2.23. The first kappa shape index (κ1) is 31.0. The van der Waals surface area contributed by atoms with Crippen LogP contribution in [0.25, 0.3) is 33.4 Å². The van der Waals surface area contributed by atoms with Crippen molar-refractivity contribution >= 4 is 11.6 Å². The number of aryl methyl sites for hydroxylation is 1. The molecule has 0 fully saturated rings. The quantitative estimate of drug-likeness (QED) is 0.0902. The van der Waals surface area contributed by atoms with Crippen molar-refractivity contribution in [2.45, 2.75) is 25.9 Å². The highest BCUT2D eigenvalue weighted by molar-refractivity contribution is 6.31. The molecule has 0 atom stereocenters. The summed E-state index contributed by atoms with van der Waals surface area (Å²) in [6.07, 6.45) is 1.84. The van der Waals surface area contributed by atoms with Crippen LogP contribution < -0.4 is 4.74 Å². The standard InChI is InChI=1S/C36H25ClF6O/c1-2-3-4-5-22-6-8-23(9-7-22)26-13-17-30(32(39)19-26)36(42,43)44-28-14-10-24(11-15-28)25-12-16-29(31(38)18-25)27-20-33(40)35(37)34(41)21-27/h2-3,6-21H,4-5H2,1H3. The number of hydrogen-bond donors (Lipinski definition) is 0. The van der Waals surface area contributed by atoms with Crippen molar-refractivity contribution in [3.8, 4) is 39.1 Å². The second-order valence-electron chi connectivity index (χ2n) is 10.1. The fourth-order valence-electron chi connectivity index (χ4n) is 4.77. The van der Waals surface area contributed by atoms with E-state index in [1.807, 2.05) is 37.3 Å². The number of ether oxygens (including phenoxy) is 1. The maximum atomic E-state index is 15.0. The van der Waals surface area contributed by atoms with Gasteiger partial charge in [-0.1, -0.05) is 78.4 Å². The highest BCUT2D eigenvalue weighted by Gasteiger charge is 2.37. The van der Waals surface area contributed by atoms with Gasteiger partial charge in [-0.15, -0.1) is 0 Å². The van der Waals surface area contributed by atoms with Gasteiger partial charge >= 0.3 is 6.11 Å². The van der Waals surface area contributed by atoms with Gasteiger partial charge in [0.15, 0.2) is 0 Å². The Morgan fingerprint density at radius 2 is 1.16 bits per heavy atom. The van der Waals surface area contributed by atoms with Crippen LogP contribution in [0.2, 0.25) is 5.02 Å². The van der Waals surface area contributed by atoms with E-state index in [2.05, 4.69) is 6.08 Å². The van der Waals surface area contributed by atoms with Gasteiger partial charge in [0.2, 0.25) is 0 Å². The first-order valence-electron chi connectivity index (χ1n) is 13.7. The molecule has 0 saturated carbocycles. The van der Waals surface area contributed by atoms with Crippen LogP contribution in [-0.4, -0.2) is 0 Å². The van der Waals surface area contributed by atoms with Crippen molar-refractivity contribution in [3.05, 3.63) is 149 Å². The summed E-state index contributed by atoms with van der Waals surface area (Å²) < 4.78 is 92.4. The molecule has 0 bridgehead atoms. The summed E-state index contributed by atoms with van der Waals surface area (Å²) in [5.41, 5.74) is 2.11. The largest absolute Gasteiger partial charge is 0.429 e. The highest BCUT2D eigenvalue weighted by atomic mass is 35.5. The minimum atomic E-state index is -3.97. The van der Waals surface area contributed by atoms with Crippen LogP contribution >= 0.6 is 11.6 Å². The molecule has 0 spiro atoms. The summed E-state index contributed by atoms with van der Waals surface area (Å²) in [5, 5.41) is -0.685. The van der Waals surface area contributed by atoms with E-state index in [0.717, 1.165) is 48.7 Å². The molecule has 44 heavy (non-hydrogen) atoms. The van der Waals surface area contributed by atoms with Gasteiger partial charge in [0.25, 0.3) is 0 Å². The van der Waals surface area contributed by atoms with E-state index in [1.165, 1.54) is 42.5 Å². The van der Waals surface area contributed by atoms with Gasteiger partial charge in [0.1, 0.15) is 34.0 Å². The molecule has 5 aromatic rings. The molecule has 0 amide bonds. The lowest BCUT2D eigenvalue weighted by Gasteiger charge is -2.19. The zero-order chi connectivity index (χ0) is 31.4. The van der Waals surface area contributed by atoms with Gasteiger partial charge in [-0.2, -0.15) is 8.78 Å². The highest BCUT2D eigenvalue weighted by Crippen LogP contribution is 2.36. The lowest BCUT2D eigenvalue weighted by atomic mass is 9.99. The van der Waals surface area contributed by atoms with Gasteiger partial charge < -0.3 is 4.74 Å². The third kappa shape index (κ3) is 6.84. The third-order valence-corrected chi connectivity index (χ3v) is 7.46. The molecular weight excluding hydrogens is 598 g/mol. The summed E-state index contributed by atoms with van der Waals surface area (Å²) in [4.78, 5) is 0. The van der Waals surface area contributed by atoms with Crippen molar-refractivity contribution in [3.63, 3.8) is 0 Å². The van der Waals surface area contributed by atoms with E-state index in [0.29, 0.717) is 22.3 Å². The molecule has 0 aromatic heterocycles. The molecular formula is C36H25ClF6O. The Labute approximate surface area is 256 Å². The van der Waals surface area contributed by atoms with E-state index in [1.54, 1.807) is 0 Å². The molecule has 0 radical (unpaired) electrons. The summed E-state index contributed by atoms with van der Waals surface area (Å²) in [6, 6.07) is 22.2. The van der Waals surface area contributed by atoms with Gasteiger partial charge in [-0.05, 0) is 95.6 Å². The Kier molecular flexibility index (Phi) is 9.16. The number of benzene rings is 5. The number of hydrogen-bond acceptors (Lipinski definition) is 1. The van der Waals surface area contributed by atoms with Crippen molar-refractivity contribution in [1.82, 2.24) is 0 Å². The molecule has 0 unspecified atom stereocenters. The molecule has 0 saturated heterocycles. The summed E-state index contributed by atoms with van der Waals surface area (Å²) in [7, 11) is 0. The minimum Gasteiger partial charge on any atom is -0.429 e. The van der Waals surface area contributed by atoms with E-state index in [-0.39, 0.29) is 16.9 Å². The average Bonchev–Trinajstić information content (AvgIpc) is 3.00. The van der Waals surface area contributed by atoms with Crippen molar-refractivity contribution in [2.75, 3.05) is 0 Å². The fraction of sp³-hybridized carbons (Fsp3) is 0.111. The van der Waals surface area contributed by atoms with Crippen LogP contribution in [0.4, 0.5) is 26.3 Å². The van der Waals surface area contributed by atoms with Gasteiger partial charge in [0, 0.05) is 5.56 Å². The maximum absolute atomic E-state index is 15.0. The Hall–Kier alpha value is -4.49. The van der Waals surface area contributed by atoms with Crippen LogP contribution in [0.5, 0.6) is 5.75 Å². The Morgan fingerprint density at radius 3 is 1.73 bits per heavy atom. The van der Waals surface area contributed by atoms with Gasteiger partial charge in [0.05, 0.1) is 5.56 Å². The lowest BCUT2D eigenvalue weighted by molar-refractivity contribution is -0.187. The number of alkyl halides is 2. The smallest absolute Gasteiger partial charge is 0.429 e. The van der Waals surface area contributed by atoms with Crippen molar-refractivity contribution in [2.24, 2.45) is 0 Å². The van der Waals surface area contributed by atoms with E-state index >= 15 is 8.78 Å². The minimum absolute atomic E-state index is 0.0340. The predicted octanol–water partition coefficient (Wildman–Crippen LogP) is 11.5. The van der Waals surface area contributed by atoms with Gasteiger partial charge in [-0.3, -0.25) is 0 Å². The van der Waals surface area contributed by atoms with Crippen LogP contribution in [0, 0.1) is 23.3 Å². The van der Waals surface area contributed by atoms with E-state index < -0.39 is 40.0 Å². The second kappa shape index (κ2) is 13.0. The molecule has 0 aliphatic rings. The Bertz CT molecular complexity index is 1790. The van der Waals surface area contributed by atoms with E-state index in [9.17, 15) is 17.6 Å². The fourth-order valence-corrected chi connectivity index (χ4v) is 4.88. The number of halogens is 7. The monoisotopic (exact) mass is 622 g/mol. The normalized spacial score (nSPS) is 11.7. The van der Waals surface area contributed by atoms with Crippen molar-refractivity contribution < 1.29 is 31.1 Å². The summed E-state index contributed by atoms with van der Waals surface area (Å²) in [5.74, 6) is -4.14.